The van der Waals surface area contributed by atoms with Gasteiger partial charge in [-0.2, -0.15) is 0 Å². The van der Waals surface area contributed by atoms with Crippen LogP contribution >= 0.6 is 0 Å². The highest BCUT2D eigenvalue weighted by Crippen LogP contribution is 2.45. The maximum absolute atomic E-state index is 12.8. The van der Waals surface area contributed by atoms with Crippen molar-refractivity contribution in [2.24, 2.45) is 11.3 Å². The molecule has 1 aromatic rings. The Morgan fingerprint density at radius 2 is 2.04 bits per heavy atom. The van der Waals surface area contributed by atoms with Crippen LogP contribution in [0.2, 0.25) is 0 Å². The number of amides is 2. The van der Waals surface area contributed by atoms with Crippen LogP contribution in [-0.2, 0) is 14.3 Å². The van der Waals surface area contributed by atoms with Crippen LogP contribution in [0.25, 0.3) is 0 Å². The molecule has 1 aliphatic carbocycles. The number of carbonyl (C=O) groups excluding carboxylic acids is 2. The third kappa shape index (κ3) is 4.21. The smallest absolute Gasteiger partial charge is 0.251 e. The van der Waals surface area contributed by atoms with Crippen LogP contribution in [0.4, 0.5) is 0 Å². The van der Waals surface area contributed by atoms with E-state index in [0.717, 1.165) is 12.0 Å². The molecule has 1 saturated heterocycles. The molecule has 5 heteroatoms. The molecule has 0 bridgehead atoms. The van der Waals surface area contributed by atoms with Crippen LogP contribution < -0.4 is 10.6 Å². The summed E-state index contributed by atoms with van der Waals surface area (Å²) in [6.07, 6.45) is 4.05. The van der Waals surface area contributed by atoms with Gasteiger partial charge < -0.3 is 15.4 Å². The van der Waals surface area contributed by atoms with Gasteiger partial charge in [-0.25, -0.2) is 0 Å². The first-order valence-corrected chi connectivity index (χ1v) is 9.23. The zero-order valence-corrected chi connectivity index (χ0v) is 15.1. The summed E-state index contributed by atoms with van der Waals surface area (Å²) in [4.78, 5) is 24.5. The first kappa shape index (κ1) is 17.9. The van der Waals surface area contributed by atoms with Gasteiger partial charge in [0.15, 0.2) is 6.10 Å². The zero-order chi connectivity index (χ0) is 17.9. The Bertz CT molecular complexity index is 611. The Hall–Kier alpha value is -1.88. The summed E-state index contributed by atoms with van der Waals surface area (Å²) >= 11 is 0. The van der Waals surface area contributed by atoms with E-state index >= 15 is 0 Å². The SMILES string of the molecule is CC(C)CC1(CNC(=O)[C@H]2OCC(=O)N[C@@H]2c2ccccc2)CCC1. The van der Waals surface area contributed by atoms with Crippen molar-refractivity contribution in [2.45, 2.75) is 51.7 Å². The number of carbonyl (C=O) groups is 2. The van der Waals surface area contributed by atoms with Crippen LogP contribution in [0.5, 0.6) is 0 Å². The van der Waals surface area contributed by atoms with E-state index in [2.05, 4.69) is 24.5 Å². The molecule has 0 unspecified atom stereocenters. The Labute approximate surface area is 149 Å². The van der Waals surface area contributed by atoms with Crippen LogP contribution in [0.1, 0.15) is 51.1 Å². The van der Waals surface area contributed by atoms with Gasteiger partial charge >= 0.3 is 0 Å². The average Bonchev–Trinajstić information content (AvgIpc) is 2.57. The summed E-state index contributed by atoms with van der Waals surface area (Å²) < 4.78 is 5.59. The average molecular weight is 344 g/mol. The summed E-state index contributed by atoms with van der Waals surface area (Å²) in [7, 11) is 0. The summed E-state index contributed by atoms with van der Waals surface area (Å²) in [5.74, 6) is 0.302. The molecule has 2 aliphatic rings. The van der Waals surface area contributed by atoms with E-state index in [0.29, 0.717) is 12.5 Å². The third-order valence-electron chi connectivity index (χ3n) is 5.32. The summed E-state index contributed by atoms with van der Waals surface area (Å²) in [6, 6.07) is 9.09. The second kappa shape index (κ2) is 7.56. The molecule has 25 heavy (non-hydrogen) atoms. The van der Waals surface area contributed by atoms with Gasteiger partial charge in [-0.15, -0.1) is 0 Å². The zero-order valence-electron chi connectivity index (χ0n) is 15.1. The standard InChI is InChI=1S/C20H28N2O3/c1-14(2)11-20(9-6-10-20)13-21-19(24)18-17(22-16(23)12-25-18)15-7-4-3-5-8-15/h3-5,7-8,14,17-18H,6,9-13H2,1-2H3,(H,21,24)(H,22,23)/t17-,18+/m1/s1. The highest BCUT2D eigenvalue weighted by Gasteiger charge is 2.40. The number of ether oxygens (including phenoxy) is 1. The third-order valence-corrected chi connectivity index (χ3v) is 5.32. The predicted molar refractivity (Wildman–Crippen MR) is 95.8 cm³/mol. The van der Waals surface area contributed by atoms with E-state index in [1.165, 1.54) is 19.3 Å². The molecule has 2 amide bonds. The second-order valence-corrected chi connectivity index (χ2v) is 7.86. The van der Waals surface area contributed by atoms with Crippen molar-refractivity contribution in [1.29, 1.82) is 0 Å². The van der Waals surface area contributed by atoms with E-state index in [-0.39, 0.29) is 23.8 Å². The van der Waals surface area contributed by atoms with E-state index in [9.17, 15) is 9.59 Å². The lowest BCUT2D eigenvalue weighted by Gasteiger charge is -2.44. The maximum Gasteiger partial charge on any atom is 0.251 e. The molecule has 2 N–H and O–H groups in total. The lowest BCUT2D eigenvalue weighted by molar-refractivity contribution is -0.148. The Morgan fingerprint density at radius 3 is 2.64 bits per heavy atom. The van der Waals surface area contributed by atoms with Gasteiger partial charge in [0.05, 0.1) is 6.04 Å². The van der Waals surface area contributed by atoms with Crippen molar-refractivity contribution in [3.63, 3.8) is 0 Å². The largest absolute Gasteiger partial charge is 0.356 e. The summed E-state index contributed by atoms with van der Waals surface area (Å²) in [6.45, 7) is 5.08. The fraction of sp³-hybridized carbons (Fsp3) is 0.600. The number of morpholine rings is 1. The first-order valence-electron chi connectivity index (χ1n) is 9.23. The van der Waals surface area contributed by atoms with Gasteiger partial charge in [0, 0.05) is 6.54 Å². The number of nitrogens with one attached hydrogen (secondary N) is 2. The van der Waals surface area contributed by atoms with Gasteiger partial charge in [-0.1, -0.05) is 50.6 Å². The predicted octanol–water partition coefficient (Wildman–Crippen LogP) is 2.58. The fourth-order valence-corrected chi connectivity index (χ4v) is 4.07. The van der Waals surface area contributed by atoms with Crippen molar-refractivity contribution in [1.82, 2.24) is 10.6 Å². The van der Waals surface area contributed by atoms with Gasteiger partial charge in [0.1, 0.15) is 6.61 Å². The number of benzene rings is 1. The van der Waals surface area contributed by atoms with Gasteiger partial charge in [0.2, 0.25) is 5.91 Å². The topological polar surface area (TPSA) is 67.4 Å². The van der Waals surface area contributed by atoms with E-state index < -0.39 is 12.1 Å². The Kier molecular flexibility index (Phi) is 5.42. The monoisotopic (exact) mass is 344 g/mol. The maximum atomic E-state index is 12.8. The molecule has 1 heterocycles. The molecule has 1 aliphatic heterocycles. The van der Waals surface area contributed by atoms with E-state index in [1.54, 1.807) is 0 Å². The molecule has 0 aromatic heterocycles. The minimum absolute atomic E-state index is 0.0709. The van der Waals surface area contributed by atoms with Crippen molar-refractivity contribution in [3.05, 3.63) is 35.9 Å². The van der Waals surface area contributed by atoms with Gasteiger partial charge in [0.25, 0.3) is 5.91 Å². The van der Waals surface area contributed by atoms with E-state index in [1.807, 2.05) is 30.3 Å². The van der Waals surface area contributed by atoms with E-state index in [4.69, 9.17) is 4.74 Å². The molecule has 1 aromatic carbocycles. The summed E-state index contributed by atoms with van der Waals surface area (Å²) in [5, 5.41) is 6.00. The lowest BCUT2D eigenvalue weighted by atomic mass is 9.64. The molecular weight excluding hydrogens is 316 g/mol. The van der Waals surface area contributed by atoms with Crippen LogP contribution in [-0.4, -0.2) is 31.1 Å². The highest BCUT2D eigenvalue weighted by molar-refractivity contribution is 5.86. The molecule has 2 atom stereocenters. The number of hydrogen-bond donors (Lipinski definition) is 2. The second-order valence-electron chi connectivity index (χ2n) is 7.86. The lowest BCUT2D eigenvalue weighted by Crippen LogP contribution is -2.54. The normalized spacial score (nSPS) is 25.2. The Balaban J connectivity index is 1.66. The fourth-order valence-electron chi connectivity index (χ4n) is 4.07. The Morgan fingerprint density at radius 1 is 1.32 bits per heavy atom. The number of rotatable bonds is 6. The minimum Gasteiger partial charge on any atom is -0.356 e. The van der Waals surface area contributed by atoms with Gasteiger partial charge in [-0.3, -0.25) is 9.59 Å². The molecule has 2 fully saturated rings. The molecular formula is C20H28N2O3. The highest BCUT2D eigenvalue weighted by atomic mass is 16.5. The van der Waals surface area contributed by atoms with Crippen molar-refractivity contribution in [3.8, 4) is 0 Å². The molecule has 1 saturated carbocycles. The van der Waals surface area contributed by atoms with Gasteiger partial charge in [-0.05, 0) is 36.2 Å². The first-order chi connectivity index (χ1) is 12.0. The molecule has 0 spiro atoms. The molecule has 5 nitrogen and oxygen atoms in total. The number of hydrogen-bond acceptors (Lipinski definition) is 3. The molecule has 0 radical (unpaired) electrons. The summed E-state index contributed by atoms with van der Waals surface area (Å²) in [5.41, 5.74) is 1.13. The van der Waals surface area contributed by atoms with Crippen molar-refractivity contribution < 1.29 is 14.3 Å². The minimum atomic E-state index is -0.684. The van der Waals surface area contributed by atoms with Crippen molar-refractivity contribution in [2.75, 3.05) is 13.2 Å². The quantitative estimate of drug-likeness (QED) is 0.833. The van der Waals surface area contributed by atoms with Crippen LogP contribution in [0.3, 0.4) is 0 Å². The molecule has 3 rings (SSSR count). The molecule has 136 valence electrons. The van der Waals surface area contributed by atoms with Crippen LogP contribution in [0, 0.1) is 11.3 Å². The van der Waals surface area contributed by atoms with Crippen molar-refractivity contribution >= 4 is 11.8 Å². The van der Waals surface area contributed by atoms with Crippen LogP contribution in [0.15, 0.2) is 30.3 Å².